The molecule has 4 nitrogen and oxygen atoms in total. The predicted octanol–water partition coefficient (Wildman–Crippen LogP) is 13.6. The van der Waals surface area contributed by atoms with Crippen LogP contribution in [0.4, 0.5) is 0 Å². The normalized spacial score (nSPS) is 12.4. The first kappa shape index (κ1) is 43.4. The SMILES string of the molecule is CCCCC/C=C\C/C=C\CCCCCCCCCCCCCC(=O)OC(CCCCCCCCCCC)CCCCC(=O)O. The summed E-state index contributed by atoms with van der Waals surface area (Å²) in [6.07, 6.45) is 46.3. The van der Waals surface area contributed by atoms with E-state index in [0.717, 1.165) is 44.9 Å². The average Bonchev–Trinajstić information content (AvgIpc) is 3.02. The second-order valence-electron chi connectivity index (χ2n) is 13.5. The van der Waals surface area contributed by atoms with E-state index >= 15 is 0 Å². The lowest BCUT2D eigenvalue weighted by Crippen LogP contribution is -2.18. The molecule has 0 bridgehead atoms. The van der Waals surface area contributed by atoms with Crippen LogP contribution in [0.1, 0.15) is 219 Å². The van der Waals surface area contributed by atoms with Gasteiger partial charge < -0.3 is 9.84 Å². The van der Waals surface area contributed by atoms with Gasteiger partial charge in [0.1, 0.15) is 6.10 Å². The molecule has 0 aromatic rings. The van der Waals surface area contributed by atoms with Crippen LogP contribution in [-0.2, 0) is 14.3 Å². The van der Waals surface area contributed by atoms with Gasteiger partial charge in [0.2, 0.25) is 0 Å². The van der Waals surface area contributed by atoms with Gasteiger partial charge in [0, 0.05) is 12.8 Å². The maximum Gasteiger partial charge on any atom is 0.306 e. The number of ether oxygens (including phenoxy) is 1. The fourth-order valence-electron chi connectivity index (χ4n) is 5.98. The number of carboxylic acids is 1. The first-order valence-corrected chi connectivity index (χ1v) is 19.8. The largest absolute Gasteiger partial charge is 0.481 e. The van der Waals surface area contributed by atoms with Crippen LogP contribution in [0, 0.1) is 0 Å². The van der Waals surface area contributed by atoms with Crippen molar-refractivity contribution in [1.29, 1.82) is 0 Å². The van der Waals surface area contributed by atoms with E-state index in [1.807, 2.05) is 0 Å². The number of carboxylic acid groups (broad SMARTS) is 1. The summed E-state index contributed by atoms with van der Waals surface area (Å²) in [4.78, 5) is 23.4. The van der Waals surface area contributed by atoms with Crippen LogP contribution in [0.5, 0.6) is 0 Å². The Morgan fingerprint density at radius 1 is 0.489 bits per heavy atom. The van der Waals surface area contributed by atoms with Gasteiger partial charge in [-0.05, 0) is 70.6 Å². The molecule has 0 fully saturated rings. The van der Waals surface area contributed by atoms with E-state index in [4.69, 9.17) is 9.84 Å². The molecule has 1 unspecified atom stereocenters. The minimum absolute atomic E-state index is 0.0420. The van der Waals surface area contributed by atoms with E-state index < -0.39 is 5.97 Å². The van der Waals surface area contributed by atoms with Gasteiger partial charge in [0.15, 0.2) is 0 Å². The minimum atomic E-state index is -0.742. The second-order valence-corrected chi connectivity index (χ2v) is 13.5. The zero-order valence-corrected chi connectivity index (χ0v) is 30.2. The third kappa shape index (κ3) is 36.8. The molecule has 0 aliphatic rings. The number of esters is 1. The Kier molecular flexibility index (Phi) is 35.6. The van der Waals surface area contributed by atoms with Crippen molar-refractivity contribution < 1.29 is 19.4 Å². The molecular weight excluding hydrogens is 556 g/mol. The highest BCUT2D eigenvalue weighted by Gasteiger charge is 2.14. The van der Waals surface area contributed by atoms with Crippen molar-refractivity contribution >= 4 is 11.9 Å². The Morgan fingerprint density at radius 2 is 0.867 bits per heavy atom. The summed E-state index contributed by atoms with van der Waals surface area (Å²) in [7, 11) is 0. The van der Waals surface area contributed by atoms with Crippen molar-refractivity contribution in [3.63, 3.8) is 0 Å². The van der Waals surface area contributed by atoms with Crippen LogP contribution in [0.15, 0.2) is 24.3 Å². The van der Waals surface area contributed by atoms with Crippen LogP contribution < -0.4 is 0 Å². The summed E-state index contributed by atoms with van der Waals surface area (Å²) in [5, 5.41) is 8.92. The number of rotatable bonds is 36. The highest BCUT2D eigenvalue weighted by molar-refractivity contribution is 5.69. The molecule has 0 spiro atoms. The molecule has 1 N–H and O–H groups in total. The lowest BCUT2D eigenvalue weighted by atomic mass is 10.0. The summed E-state index contributed by atoms with van der Waals surface area (Å²) < 4.78 is 5.88. The lowest BCUT2D eigenvalue weighted by Gasteiger charge is -2.18. The van der Waals surface area contributed by atoms with Crippen LogP contribution >= 0.6 is 0 Å². The van der Waals surface area contributed by atoms with Crippen molar-refractivity contribution in [2.45, 2.75) is 225 Å². The molecule has 0 saturated carbocycles. The predicted molar refractivity (Wildman–Crippen MR) is 195 cm³/mol. The molecule has 0 aliphatic heterocycles. The molecule has 0 heterocycles. The molecule has 4 heteroatoms. The molecule has 0 rings (SSSR count). The van der Waals surface area contributed by atoms with Gasteiger partial charge >= 0.3 is 11.9 Å². The summed E-state index contributed by atoms with van der Waals surface area (Å²) in [6, 6.07) is 0. The molecule has 0 aromatic carbocycles. The molecule has 264 valence electrons. The van der Waals surface area contributed by atoms with Crippen molar-refractivity contribution in [3.05, 3.63) is 24.3 Å². The number of aliphatic carboxylic acids is 1. The Balaban J connectivity index is 3.75. The van der Waals surface area contributed by atoms with Gasteiger partial charge in [0.05, 0.1) is 0 Å². The Hall–Kier alpha value is -1.58. The summed E-state index contributed by atoms with van der Waals surface area (Å²) in [5.74, 6) is -0.798. The monoisotopic (exact) mass is 633 g/mol. The first-order chi connectivity index (χ1) is 22.1. The standard InChI is InChI=1S/C41H76O4/c1-3-5-7-9-11-13-14-15-16-17-18-19-20-21-22-23-24-26-28-30-32-38-41(44)45-39(36-33-34-37-40(42)43)35-31-29-27-25-12-10-8-6-4-2/h11,13,15-16,39H,3-10,12,14,17-38H2,1-2H3,(H,42,43)/b13-11-,16-15-. The summed E-state index contributed by atoms with van der Waals surface area (Å²) in [6.45, 7) is 4.51. The van der Waals surface area contributed by atoms with Gasteiger partial charge in [-0.1, -0.05) is 160 Å². The molecule has 0 aliphatic carbocycles. The quantitative estimate of drug-likeness (QED) is 0.0424. The summed E-state index contributed by atoms with van der Waals surface area (Å²) >= 11 is 0. The molecule has 45 heavy (non-hydrogen) atoms. The zero-order chi connectivity index (χ0) is 32.9. The smallest absolute Gasteiger partial charge is 0.306 e. The number of hydrogen-bond donors (Lipinski definition) is 1. The van der Waals surface area contributed by atoms with Gasteiger partial charge in [0.25, 0.3) is 0 Å². The van der Waals surface area contributed by atoms with E-state index in [0.29, 0.717) is 12.8 Å². The lowest BCUT2D eigenvalue weighted by molar-refractivity contribution is -0.150. The Labute approximate surface area is 280 Å². The van der Waals surface area contributed by atoms with Gasteiger partial charge in [-0.25, -0.2) is 0 Å². The maximum absolute atomic E-state index is 12.5. The van der Waals surface area contributed by atoms with E-state index in [9.17, 15) is 9.59 Å². The van der Waals surface area contributed by atoms with Gasteiger partial charge in [-0.3, -0.25) is 9.59 Å². The molecular formula is C41H76O4. The van der Waals surface area contributed by atoms with E-state index in [2.05, 4.69) is 38.2 Å². The first-order valence-electron chi connectivity index (χ1n) is 19.8. The summed E-state index contributed by atoms with van der Waals surface area (Å²) in [5.41, 5.74) is 0. The number of unbranched alkanes of at least 4 members (excludes halogenated alkanes) is 23. The zero-order valence-electron chi connectivity index (χ0n) is 30.2. The average molecular weight is 633 g/mol. The molecule has 0 aromatic heterocycles. The third-order valence-corrected chi connectivity index (χ3v) is 8.93. The van der Waals surface area contributed by atoms with Crippen LogP contribution in [0.2, 0.25) is 0 Å². The molecule has 0 saturated heterocycles. The number of allylic oxidation sites excluding steroid dienone is 4. The maximum atomic E-state index is 12.5. The highest BCUT2D eigenvalue weighted by atomic mass is 16.5. The second kappa shape index (κ2) is 36.9. The van der Waals surface area contributed by atoms with Crippen LogP contribution in [-0.4, -0.2) is 23.1 Å². The van der Waals surface area contributed by atoms with E-state index in [1.165, 1.54) is 141 Å². The van der Waals surface area contributed by atoms with Gasteiger partial charge in [-0.2, -0.15) is 0 Å². The van der Waals surface area contributed by atoms with E-state index in [-0.39, 0.29) is 18.5 Å². The Bertz CT molecular complexity index is 683. The minimum Gasteiger partial charge on any atom is -0.481 e. The number of hydrogen-bond acceptors (Lipinski definition) is 3. The highest BCUT2D eigenvalue weighted by Crippen LogP contribution is 2.18. The van der Waals surface area contributed by atoms with E-state index in [1.54, 1.807) is 0 Å². The van der Waals surface area contributed by atoms with Crippen LogP contribution in [0.3, 0.4) is 0 Å². The van der Waals surface area contributed by atoms with Crippen LogP contribution in [0.25, 0.3) is 0 Å². The fourth-order valence-corrected chi connectivity index (χ4v) is 5.98. The van der Waals surface area contributed by atoms with Crippen molar-refractivity contribution in [2.75, 3.05) is 0 Å². The molecule has 0 amide bonds. The number of carbonyl (C=O) groups excluding carboxylic acids is 1. The number of carbonyl (C=O) groups is 2. The molecule has 0 radical (unpaired) electrons. The third-order valence-electron chi connectivity index (χ3n) is 8.93. The van der Waals surface area contributed by atoms with Crippen molar-refractivity contribution in [3.8, 4) is 0 Å². The topological polar surface area (TPSA) is 63.6 Å². The Morgan fingerprint density at radius 3 is 1.38 bits per heavy atom. The van der Waals surface area contributed by atoms with Crippen molar-refractivity contribution in [1.82, 2.24) is 0 Å². The van der Waals surface area contributed by atoms with Crippen molar-refractivity contribution in [2.24, 2.45) is 0 Å². The molecule has 1 atom stereocenters. The fraction of sp³-hybridized carbons (Fsp3) is 0.854. The van der Waals surface area contributed by atoms with Gasteiger partial charge in [-0.15, -0.1) is 0 Å².